The number of carbonyl (C=O) groups is 1. The zero-order chi connectivity index (χ0) is 10.7. The van der Waals surface area contributed by atoms with Crippen LogP contribution in [0.4, 0.5) is 4.79 Å². The molecule has 2 aliphatic heterocycles. The molecule has 0 saturated carbocycles. The van der Waals surface area contributed by atoms with Crippen LogP contribution in [-0.4, -0.2) is 43.3 Å². The minimum atomic E-state index is -0.141. The summed E-state index contributed by atoms with van der Waals surface area (Å²) in [5, 5.41) is 3.45. The van der Waals surface area contributed by atoms with Gasteiger partial charge in [0.1, 0.15) is 0 Å². The van der Waals surface area contributed by atoms with Crippen molar-refractivity contribution in [2.75, 3.05) is 26.2 Å². The van der Waals surface area contributed by atoms with Gasteiger partial charge >= 0.3 is 6.09 Å². The van der Waals surface area contributed by atoms with E-state index in [2.05, 4.69) is 5.32 Å². The molecule has 4 nitrogen and oxygen atoms in total. The Kier molecular flexibility index (Phi) is 3.46. The van der Waals surface area contributed by atoms with Crippen molar-refractivity contribution in [3.05, 3.63) is 0 Å². The molecule has 2 fully saturated rings. The summed E-state index contributed by atoms with van der Waals surface area (Å²) >= 11 is 0. The number of hydrogen-bond donors (Lipinski definition) is 1. The monoisotopic (exact) mass is 212 g/mol. The summed E-state index contributed by atoms with van der Waals surface area (Å²) in [7, 11) is 0. The smallest absolute Gasteiger partial charge is 0.409 e. The van der Waals surface area contributed by atoms with Gasteiger partial charge in [0.05, 0.1) is 6.61 Å². The van der Waals surface area contributed by atoms with Crippen LogP contribution >= 0.6 is 0 Å². The van der Waals surface area contributed by atoms with Crippen molar-refractivity contribution in [3.63, 3.8) is 0 Å². The number of likely N-dealkylation sites (tertiary alicyclic amines) is 1. The van der Waals surface area contributed by atoms with Crippen LogP contribution in [0.15, 0.2) is 0 Å². The van der Waals surface area contributed by atoms with Crippen LogP contribution in [0, 0.1) is 5.92 Å². The molecule has 2 rings (SSSR count). The van der Waals surface area contributed by atoms with Gasteiger partial charge in [-0.05, 0) is 38.6 Å². The van der Waals surface area contributed by atoms with Crippen LogP contribution in [0.5, 0.6) is 0 Å². The summed E-state index contributed by atoms with van der Waals surface area (Å²) in [5.41, 5.74) is 0. The Morgan fingerprint density at radius 2 is 2.07 bits per heavy atom. The number of hydrogen-bond acceptors (Lipinski definition) is 3. The highest BCUT2D eigenvalue weighted by Crippen LogP contribution is 2.25. The Balaban J connectivity index is 1.73. The molecule has 0 aromatic heterocycles. The first-order valence-electron chi connectivity index (χ1n) is 5.96. The summed E-state index contributed by atoms with van der Waals surface area (Å²) in [5.74, 6) is 0.768. The van der Waals surface area contributed by atoms with E-state index in [1.807, 2.05) is 11.8 Å². The summed E-state index contributed by atoms with van der Waals surface area (Å²) < 4.78 is 4.99. The van der Waals surface area contributed by atoms with Crippen LogP contribution in [0.3, 0.4) is 0 Å². The Morgan fingerprint density at radius 3 is 2.53 bits per heavy atom. The van der Waals surface area contributed by atoms with Crippen molar-refractivity contribution < 1.29 is 9.53 Å². The molecule has 2 saturated heterocycles. The Morgan fingerprint density at radius 1 is 1.40 bits per heavy atom. The third kappa shape index (κ3) is 2.43. The van der Waals surface area contributed by atoms with E-state index in [0.717, 1.165) is 31.8 Å². The van der Waals surface area contributed by atoms with Gasteiger partial charge in [0.25, 0.3) is 0 Å². The molecule has 1 amide bonds. The Bertz CT molecular complexity index is 221. The first-order chi connectivity index (χ1) is 7.31. The van der Waals surface area contributed by atoms with Gasteiger partial charge in [0, 0.05) is 19.1 Å². The lowest BCUT2D eigenvalue weighted by Gasteiger charge is -2.40. The fourth-order valence-corrected chi connectivity index (χ4v) is 2.41. The second-order valence-corrected chi connectivity index (χ2v) is 4.37. The molecule has 2 aliphatic rings. The number of rotatable bonds is 2. The number of ether oxygens (including phenoxy) is 1. The first-order valence-corrected chi connectivity index (χ1v) is 5.96. The third-order valence-electron chi connectivity index (χ3n) is 3.50. The Labute approximate surface area is 91.0 Å². The molecule has 0 bridgehead atoms. The highest BCUT2D eigenvalue weighted by atomic mass is 16.6. The topological polar surface area (TPSA) is 41.6 Å². The normalized spacial score (nSPS) is 27.3. The van der Waals surface area contributed by atoms with Crippen molar-refractivity contribution >= 4 is 6.09 Å². The van der Waals surface area contributed by atoms with Crippen molar-refractivity contribution in [2.45, 2.75) is 32.2 Å². The van der Waals surface area contributed by atoms with Gasteiger partial charge in [-0.15, -0.1) is 0 Å². The molecule has 1 unspecified atom stereocenters. The number of amides is 1. The van der Waals surface area contributed by atoms with Crippen LogP contribution in [-0.2, 0) is 4.74 Å². The quantitative estimate of drug-likeness (QED) is 0.748. The second-order valence-electron chi connectivity index (χ2n) is 4.37. The van der Waals surface area contributed by atoms with E-state index < -0.39 is 0 Å². The van der Waals surface area contributed by atoms with Gasteiger partial charge in [0.2, 0.25) is 0 Å². The molecule has 4 heteroatoms. The fourth-order valence-electron chi connectivity index (χ4n) is 2.41. The molecule has 0 radical (unpaired) electrons. The van der Waals surface area contributed by atoms with Crippen molar-refractivity contribution in [3.8, 4) is 0 Å². The van der Waals surface area contributed by atoms with Crippen molar-refractivity contribution in [1.82, 2.24) is 10.2 Å². The highest BCUT2D eigenvalue weighted by molar-refractivity contribution is 5.67. The van der Waals surface area contributed by atoms with Crippen LogP contribution in [0.1, 0.15) is 26.2 Å². The molecule has 1 N–H and O–H groups in total. The van der Waals surface area contributed by atoms with Crippen LogP contribution in [0.2, 0.25) is 0 Å². The number of nitrogens with one attached hydrogen (secondary N) is 1. The predicted molar refractivity (Wildman–Crippen MR) is 57.7 cm³/mol. The molecular formula is C11H20N2O2. The Hall–Kier alpha value is -0.770. The number of carbonyl (C=O) groups excluding carboxylic acids is 1. The maximum Gasteiger partial charge on any atom is 0.409 e. The van der Waals surface area contributed by atoms with Crippen LogP contribution in [0.25, 0.3) is 0 Å². The minimum absolute atomic E-state index is 0.141. The van der Waals surface area contributed by atoms with Gasteiger partial charge in [-0.3, -0.25) is 0 Å². The minimum Gasteiger partial charge on any atom is -0.450 e. The fraction of sp³-hybridized carbons (Fsp3) is 0.909. The zero-order valence-corrected chi connectivity index (χ0v) is 9.37. The lowest BCUT2D eigenvalue weighted by Crippen LogP contribution is -2.51. The SMILES string of the molecule is CCOC(=O)N1CCC(C2CCN2)CC1. The molecule has 86 valence electrons. The standard InChI is InChI=1S/C11H20N2O2/c1-2-15-11(14)13-7-4-9(5-8-13)10-3-6-12-10/h9-10,12H,2-8H2,1H3. The summed E-state index contributed by atoms with van der Waals surface area (Å²) in [6.45, 7) is 5.22. The molecule has 2 heterocycles. The second kappa shape index (κ2) is 4.84. The number of piperidine rings is 1. The average molecular weight is 212 g/mol. The summed E-state index contributed by atoms with van der Waals surface area (Å²) in [6.07, 6.45) is 3.41. The summed E-state index contributed by atoms with van der Waals surface area (Å²) in [4.78, 5) is 13.3. The highest BCUT2D eigenvalue weighted by Gasteiger charge is 2.31. The van der Waals surface area contributed by atoms with Crippen molar-refractivity contribution in [1.29, 1.82) is 0 Å². The van der Waals surface area contributed by atoms with Crippen molar-refractivity contribution in [2.24, 2.45) is 5.92 Å². The van der Waals surface area contributed by atoms with E-state index >= 15 is 0 Å². The molecule has 0 aliphatic carbocycles. The number of nitrogens with zero attached hydrogens (tertiary/aromatic N) is 1. The van der Waals surface area contributed by atoms with Gasteiger partial charge in [-0.2, -0.15) is 0 Å². The lowest BCUT2D eigenvalue weighted by atomic mass is 9.84. The molecule has 0 aromatic rings. The van der Waals surface area contributed by atoms with Gasteiger partial charge in [0.15, 0.2) is 0 Å². The summed E-state index contributed by atoms with van der Waals surface area (Å²) in [6, 6.07) is 0.717. The third-order valence-corrected chi connectivity index (χ3v) is 3.50. The predicted octanol–water partition coefficient (Wildman–Crippen LogP) is 1.22. The van der Waals surface area contributed by atoms with E-state index in [4.69, 9.17) is 4.74 Å². The molecule has 0 spiro atoms. The van der Waals surface area contributed by atoms with E-state index in [9.17, 15) is 4.79 Å². The van der Waals surface area contributed by atoms with Gasteiger partial charge in [-0.25, -0.2) is 4.79 Å². The maximum absolute atomic E-state index is 11.4. The molecule has 1 atom stereocenters. The zero-order valence-electron chi connectivity index (χ0n) is 9.37. The van der Waals surface area contributed by atoms with Crippen LogP contribution < -0.4 is 5.32 Å². The largest absolute Gasteiger partial charge is 0.450 e. The maximum atomic E-state index is 11.4. The molecule has 15 heavy (non-hydrogen) atoms. The molecule has 0 aromatic carbocycles. The molecular weight excluding hydrogens is 192 g/mol. The van der Waals surface area contributed by atoms with E-state index in [0.29, 0.717) is 12.6 Å². The van der Waals surface area contributed by atoms with Gasteiger partial charge < -0.3 is 15.0 Å². The van der Waals surface area contributed by atoms with E-state index in [1.165, 1.54) is 13.0 Å². The van der Waals surface area contributed by atoms with E-state index in [-0.39, 0.29) is 6.09 Å². The lowest BCUT2D eigenvalue weighted by molar-refractivity contribution is 0.0819. The first kappa shape index (κ1) is 10.7. The van der Waals surface area contributed by atoms with E-state index in [1.54, 1.807) is 0 Å². The van der Waals surface area contributed by atoms with Gasteiger partial charge in [-0.1, -0.05) is 0 Å². The average Bonchev–Trinajstić information content (AvgIpc) is 2.16.